The fraction of sp³-hybridized carbons (Fsp3) is 0. The average molecular weight is 122 g/mol. The zero-order chi connectivity index (χ0) is 2.71. The molecule has 4 heteroatoms. The van der Waals surface area contributed by atoms with Crippen molar-refractivity contribution in [2.45, 2.75) is 0 Å². The monoisotopic (exact) mass is 121 g/mol. The summed E-state index contributed by atoms with van der Waals surface area (Å²) >= 11 is 9.03. The Kier molecular flexibility index (Phi) is 20.3. The molecule has 0 aromatic carbocycles. The molecule has 4 heavy (non-hydrogen) atoms. The highest BCUT2D eigenvalue weighted by Crippen LogP contribution is 1.57. The molecule has 0 bridgehead atoms. The molecule has 0 amide bonds. The first-order valence-corrected chi connectivity index (χ1v) is 1.13. The van der Waals surface area contributed by atoms with Crippen LogP contribution in [0.2, 0.25) is 0 Å². The van der Waals surface area contributed by atoms with Gasteiger partial charge in [0.15, 0.2) is 0 Å². The largest absolute Gasteiger partial charge is 0.147 e. The Morgan fingerprint density at radius 1 is 1.25 bits per heavy atom. The third kappa shape index (κ3) is 13.8. The molecule has 0 heterocycles. The second-order valence-corrected chi connectivity index (χ2v) is 0.643. The Morgan fingerprint density at radius 3 is 1.25 bits per heavy atom. The van der Waals surface area contributed by atoms with E-state index in [0.717, 1.165) is 0 Å². The summed E-state index contributed by atoms with van der Waals surface area (Å²) in [4.78, 5) is 0. The lowest BCUT2D eigenvalue weighted by molar-refractivity contribution is 1.69. The van der Waals surface area contributed by atoms with Crippen LogP contribution in [0, 0.1) is 0 Å². The predicted molar refractivity (Wildman–Crippen MR) is 22.1 cm³/mol. The predicted octanol–water partition coefficient (Wildman–Crippen LogP) is 1.31. The van der Waals surface area contributed by atoms with Gasteiger partial charge in [-0.15, -0.1) is 16.8 Å². The highest BCUT2D eigenvalue weighted by molar-refractivity contribution is 6.33. The molecule has 0 saturated heterocycles. The van der Waals surface area contributed by atoms with E-state index in [2.05, 4.69) is 23.6 Å². The molecule has 0 aromatic rings. The molecule has 0 aliphatic rings. The van der Waals surface area contributed by atoms with Gasteiger partial charge in [-0.3, -0.25) is 0 Å². The normalized spacial score (nSPS) is 4.50. The highest BCUT2D eigenvalue weighted by atomic mass is 35.5. The van der Waals surface area contributed by atoms with Crippen LogP contribution in [0.5, 0.6) is 0 Å². The third-order valence-electron chi connectivity index (χ3n) is 0. The second kappa shape index (κ2) is 9.16. The maximum absolute atomic E-state index is 4.51. The van der Waals surface area contributed by atoms with Crippen LogP contribution in [-0.2, 0) is 0 Å². The van der Waals surface area contributed by atoms with Gasteiger partial charge in [0.25, 0.3) is 0 Å². The van der Waals surface area contributed by atoms with E-state index in [9.17, 15) is 0 Å². The fourth-order valence-corrected chi connectivity index (χ4v) is 0. The van der Waals surface area contributed by atoms with Crippen molar-refractivity contribution in [3.63, 3.8) is 0 Å². The minimum absolute atomic E-state index is 0. The average Bonchev–Trinajstić information content (AvgIpc) is 0.918. The Labute approximate surface area is 40.9 Å². The van der Waals surface area contributed by atoms with Gasteiger partial charge in [0, 0.05) is 0 Å². The smallest absolute Gasteiger partial charge is 0.00838 e. The lowest BCUT2D eigenvalue weighted by Gasteiger charge is -1.49. The van der Waals surface area contributed by atoms with Crippen LogP contribution in [0.25, 0.3) is 0 Å². The summed E-state index contributed by atoms with van der Waals surface area (Å²) in [5.74, 6) is 0. The molecule has 0 radical (unpaired) electrons. The Balaban J connectivity index is 0. The Bertz CT molecular complexity index is 3.25. The summed E-state index contributed by atoms with van der Waals surface area (Å²) in [5, 5.41) is 0. The second-order valence-electron chi connectivity index (χ2n) is 0.0714. The molecule has 0 atom stereocenters. The lowest BCUT2D eigenvalue weighted by atomic mass is 13.9. The molecule has 1 N–H and O–H groups in total. The van der Waals surface area contributed by atoms with E-state index in [-0.39, 0.29) is 12.4 Å². The number of hydrogen-bond donors (Lipinski definition) is 1. The van der Waals surface area contributed by atoms with Crippen molar-refractivity contribution in [1.29, 1.82) is 0 Å². The molecular weight excluding hydrogens is 120 g/mol. The van der Waals surface area contributed by atoms with Gasteiger partial charge in [-0.05, 0) is 23.6 Å². The van der Waals surface area contributed by atoms with Crippen LogP contribution >= 0.6 is 36.0 Å². The maximum atomic E-state index is 4.51. The standard InChI is InChI=1S/Cl2HN.ClH/c1-3-2;/h3H;1H. The molecule has 0 rings (SSSR count). The molecule has 0 aromatic heterocycles. The zero-order valence-corrected chi connectivity index (χ0v) is 3.99. The van der Waals surface area contributed by atoms with Crippen molar-refractivity contribution < 1.29 is 0 Å². The molecule has 0 aliphatic carbocycles. The topological polar surface area (TPSA) is 12.0 Å². The van der Waals surface area contributed by atoms with E-state index in [1.807, 2.05) is 0 Å². The first kappa shape index (κ1) is 8.85. The van der Waals surface area contributed by atoms with Gasteiger partial charge < -0.3 is 0 Å². The van der Waals surface area contributed by atoms with Gasteiger partial charge in [-0.25, -0.2) is 0 Å². The quantitative estimate of drug-likeness (QED) is 0.478. The van der Waals surface area contributed by atoms with E-state index in [4.69, 9.17) is 0 Å². The summed E-state index contributed by atoms with van der Waals surface area (Å²) in [5.41, 5.74) is 0. The van der Waals surface area contributed by atoms with Gasteiger partial charge in [0.05, 0.1) is 0 Å². The maximum Gasteiger partial charge on any atom is -0.00838 e. The number of halogens is 3. The third-order valence-corrected chi connectivity index (χ3v) is 0. The molecule has 0 fully saturated rings. The molecule has 0 saturated carbocycles. The fourth-order valence-electron chi connectivity index (χ4n) is 0. The number of nitrogens with one attached hydrogen (secondary N) is 1. The number of rotatable bonds is 0. The van der Waals surface area contributed by atoms with Crippen LogP contribution in [-0.4, -0.2) is 0 Å². The van der Waals surface area contributed by atoms with E-state index in [0.29, 0.717) is 0 Å². The molecular formula is H2Cl3N. The van der Waals surface area contributed by atoms with Gasteiger partial charge in [-0.1, -0.05) is 0 Å². The van der Waals surface area contributed by atoms with Crippen molar-refractivity contribution >= 4 is 36.0 Å². The van der Waals surface area contributed by atoms with E-state index >= 15 is 0 Å². The van der Waals surface area contributed by atoms with Crippen LogP contribution in [0.3, 0.4) is 0 Å². The van der Waals surface area contributed by atoms with Crippen LogP contribution in [0.15, 0.2) is 0 Å². The summed E-state index contributed by atoms with van der Waals surface area (Å²) in [6.07, 6.45) is 0. The zero-order valence-electron chi connectivity index (χ0n) is 1.66. The first-order valence-electron chi connectivity index (χ1n) is 0.378. The van der Waals surface area contributed by atoms with Gasteiger partial charge in [0.1, 0.15) is 0 Å². The van der Waals surface area contributed by atoms with Crippen LogP contribution in [0.1, 0.15) is 0 Å². The molecule has 0 unspecified atom stereocenters. The Morgan fingerprint density at radius 2 is 1.25 bits per heavy atom. The van der Waals surface area contributed by atoms with Gasteiger partial charge in [-0.2, -0.15) is 0 Å². The minimum atomic E-state index is 0. The molecule has 28 valence electrons. The van der Waals surface area contributed by atoms with Crippen molar-refractivity contribution in [1.82, 2.24) is 4.35 Å². The van der Waals surface area contributed by atoms with Crippen molar-refractivity contribution in [2.24, 2.45) is 0 Å². The van der Waals surface area contributed by atoms with E-state index < -0.39 is 0 Å². The van der Waals surface area contributed by atoms with E-state index in [1.165, 1.54) is 0 Å². The van der Waals surface area contributed by atoms with Gasteiger partial charge >= 0.3 is 0 Å². The van der Waals surface area contributed by atoms with Crippen molar-refractivity contribution in [2.75, 3.05) is 0 Å². The minimum Gasteiger partial charge on any atom is -0.147 e. The van der Waals surface area contributed by atoms with Gasteiger partial charge in [0.2, 0.25) is 0 Å². The summed E-state index contributed by atoms with van der Waals surface area (Å²) < 4.78 is 1.69. The molecule has 1 nitrogen and oxygen atoms in total. The first-order chi connectivity index (χ1) is 1.41. The SMILES string of the molecule is Cl.ClNCl. The number of hydrogen-bond acceptors (Lipinski definition) is 1. The van der Waals surface area contributed by atoms with Crippen molar-refractivity contribution in [3.8, 4) is 0 Å². The summed E-state index contributed by atoms with van der Waals surface area (Å²) in [6.45, 7) is 0. The summed E-state index contributed by atoms with van der Waals surface area (Å²) in [6, 6.07) is 0. The van der Waals surface area contributed by atoms with Crippen molar-refractivity contribution in [3.05, 3.63) is 0 Å². The van der Waals surface area contributed by atoms with E-state index in [1.54, 1.807) is 4.35 Å². The van der Waals surface area contributed by atoms with Crippen LogP contribution in [0.4, 0.5) is 0 Å². The lowest BCUT2D eigenvalue weighted by Crippen LogP contribution is -1.59. The Hall–Kier alpha value is 0.830. The molecule has 0 aliphatic heterocycles. The molecule has 0 spiro atoms. The van der Waals surface area contributed by atoms with Crippen LogP contribution < -0.4 is 4.35 Å². The highest BCUT2D eigenvalue weighted by Gasteiger charge is 1.34. The summed E-state index contributed by atoms with van der Waals surface area (Å²) in [7, 11) is 0.